The molecule has 23 heavy (non-hydrogen) atoms. The van der Waals surface area contributed by atoms with Crippen molar-refractivity contribution in [1.29, 1.82) is 0 Å². The number of ether oxygens (including phenoxy) is 4. The summed E-state index contributed by atoms with van der Waals surface area (Å²) in [6.45, 7) is 0.185. The molecule has 1 aromatic heterocycles. The fraction of sp³-hybridized carbons (Fsp3) is 0.733. The van der Waals surface area contributed by atoms with Gasteiger partial charge in [0.05, 0.1) is 5.88 Å². The maximum absolute atomic E-state index is 11.5. The Balaban J connectivity index is 1.60. The standard InChI is InChI=1S/C15H17ClN2O5/c16-7-14-8-20-13-17-9(19)3-6-18(13)12(23-14)10-11(14)22-15(21-10)4-1-2-5-15/h3,6,10-12H,1-2,4-5,7-8H2/t10-,11+,12-,14-/m1/s1. The highest BCUT2D eigenvalue weighted by Crippen LogP contribution is 2.54. The van der Waals surface area contributed by atoms with Crippen LogP contribution in [0, 0.1) is 0 Å². The Kier molecular flexibility index (Phi) is 2.90. The Morgan fingerprint density at radius 2 is 2.13 bits per heavy atom. The number of fused-ring (bicyclic) bond motifs is 7. The normalized spacial score (nSPS) is 39.8. The highest BCUT2D eigenvalue weighted by molar-refractivity contribution is 6.18. The molecule has 2 bridgehead atoms. The molecular weight excluding hydrogens is 324 g/mol. The zero-order chi connectivity index (χ0) is 15.7. The maximum Gasteiger partial charge on any atom is 0.302 e. The first-order chi connectivity index (χ1) is 11.1. The molecule has 8 heteroatoms. The second-order valence-corrected chi connectivity index (χ2v) is 6.96. The van der Waals surface area contributed by atoms with E-state index in [2.05, 4.69) is 4.98 Å². The Morgan fingerprint density at radius 1 is 1.30 bits per heavy atom. The van der Waals surface area contributed by atoms with Crippen LogP contribution in [0.4, 0.5) is 0 Å². The molecule has 1 saturated carbocycles. The number of alkyl halides is 1. The summed E-state index contributed by atoms with van der Waals surface area (Å²) >= 11 is 6.24. The van der Waals surface area contributed by atoms with E-state index < -0.39 is 17.6 Å². The number of aromatic nitrogens is 2. The van der Waals surface area contributed by atoms with Crippen LogP contribution in [0.5, 0.6) is 6.01 Å². The minimum Gasteiger partial charge on any atom is -0.461 e. The van der Waals surface area contributed by atoms with Gasteiger partial charge in [-0.3, -0.25) is 9.36 Å². The summed E-state index contributed by atoms with van der Waals surface area (Å²) in [5.41, 5.74) is -1.14. The molecule has 7 nitrogen and oxygen atoms in total. The molecular formula is C15H17ClN2O5. The molecule has 3 aliphatic heterocycles. The first kappa shape index (κ1) is 14.2. The third-order valence-electron chi connectivity index (χ3n) is 5.26. The SMILES string of the molecule is O=c1ccn2c(n1)OC[C@@]1(CCl)O[C@@H]2[C@@H]2OC3(CCCC3)O[C@@H]21. The highest BCUT2D eigenvalue weighted by atomic mass is 35.5. The molecule has 124 valence electrons. The molecule has 4 aliphatic rings. The van der Waals surface area contributed by atoms with E-state index in [-0.39, 0.29) is 36.3 Å². The molecule has 1 aromatic rings. The van der Waals surface area contributed by atoms with E-state index in [0.717, 1.165) is 25.7 Å². The summed E-state index contributed by atoms with van der Waals surface area (Å²) in [4.78, 5) is 15.4. The van der Waals surface area contributed by atoms with Crippen LogP contribution in [0.25, 0.3) is 0 Å². The molecule has 0 radical (unpaired) electrons. The zero-order valence-electron chi connectivity index (χ0n) is 12.4. The summed E-state index contributed by atoms with van der Waals surface area (Å²) in [6.07, 6.45) is 4.59. The average Bonchev–Trinajstić information content (AvgIpc) is 3.19. The first-order valence-electron chi connectivity index (χ1n) is 7.96. The summed E-state index contributed by atoms with van der Waals surface area (Å²) in [7, 11) is 0. The number of rotatable bonds is 1. The Bertz CT molecular complexity index is 703. The van der Waals surface area contributed by atoms with Crippen LogP contribution in [-0.2, 0) is 14.2 Å². The van der Waals surface area contributed by atoms with Gasteiger partial charge in [-0.05, 0) is 12.8 Å². The Labute approximate surface area is 137 Å². The van der Waals surface area contributed by atoms with Gasteiger partial charge in [-0.1, -0.05) is 0 Å². The lowest BCUT2D eigenvalue weighted by atomic mass is 9.98. The van der Waals surface area contributed by atoms with Crippen molar-refractivity contribution in [1.82, 2.24) is 9.55 Å². The fourth-order valence-electron chi connectivity index (χ4n) is 4.14. The van der Waals surface area contributed by atoms with Crippen molar-refractivity contribution in [3.05, 3.63) is 22.6 Å². The lowest BCUT2D eigenvalue weighted by molar-refractivity contribution is -0.229. The summed E-state index contributed by atoms with van der Waals surface area (Å²) in [5.74, 6) is -0.297. The Morgan fingerprint density at radius 3 is 2.91 bits per heavy atom. The van der Waals surface area contributed by atoms with Gasteiger partial charge in [0, 0.05) is 25.1 Å². The number of hydrogen-bond acceptors (Lipinski definition) is 6. The molecule has 0 aromatic carbocycles. The quantitative estimate of drug-likeness (QED) is 0.715. The largest absolute Gasteiger partial charge is 0.461 e. The van der Waals surface area contributed by atoms with Crippen molar-refractivity contribution in [3.8, 4) is 6.01 Å². The minimum atomic E-state index is -0.792. The molecule has 4 heterocycles. The van der Waals surface area contributed by atoms with Crippen LogP contribution in [0.3, 0.4) is 0 Å². The van der Waals surface area contributed by atoms with Crippen molar-refractivity contribution in [3.63, 3.8) is 0 Å². The fourth-order valence-corrected chi connectivity index (χ4v) is 4.43. The van der Waals surface area contributed by atoms with Crippen molar-refractivity contribution < 1.29 is 18.9 Å². The van der Waals surface area contributed by atoms with Crippen LogP contribution < -0.4 is 10.3 Å². The van der Waals surface area contributed by atoms with Gasteiger partial charge in [-0.2, -0.15) is 4.98 Å². The highest BCUT2D eigenvalue weighted by Gasteiger charge is 2.66. The predicted octanol–water partition coefficient (Wildman–Crippen LogP) is 1.20. The number of nitrogens with zero attached hydrogens (tertiary/aromatic N) is 2. The van der Waals surface area contributed by atoms with E-state index >= 15 is 0 Å². The average molecular weight is 341 g/mol. The molecule has 3 fully saturated rings. The third-order valence-corrected chi connectivity index (χ3v) is 5.71. The number of halogens is 1. The molecule has 0 N–H and O–H groups in total. The van der Waals surface area contributed by atoms with Crippen LogP contribution in [0.1, 0.15) is 31.9 Å². The van der Waals surface area contributed by atoms with Gasteiger partial charge in [-0.15, -0.1) is 11.6 Å². The van der Waals surface area contributed by atoms with Gasteiger partial charge in [-0.25, -0.2) is 0 Å². The van der Waals surface area contributed by atoms with Gasteiger partial charge in [0.2, 0.25) is 0 Å². The first-order valence-corrected chi connectivity index (χ1v) is 8.50. The zero-order valence-corrected chi connectivity index (χ0v) is 13.2. The lowest BCUT2D eigenvalue weighted by Crippen LogP contribution is -2.50. The molecule has 1 spiro atoms. The molecule has 4 atom stereocenters. The van der Waals surface area contributed by atoms with Crippen LogP contribution in [0.15, 0.2) is 17.1 Å². The monoisotopic (exact) mass is 340 g/mol. The number of hydrogen-bond donors (Lipinski definition) is 0. The smallest absolute Gasteiger partial charge is 0.302 e. The van der Waals surface area contributed by atoms with Crippen molar-refractivity contribution in [2.75, 3.05) is 12.5 Å². The van der Waals surface area contributed by atoms with E-state index in [1.807, 2.05) is 0 Å². The van der Waals surface area contributed by atoms with Crippen molar-refractivity contribution in [2.24, 2.45) is 0 Å². The van der Waals surface area contributed by atoms with Gasteiger partial charge in [0.25, 0.3) is 5.56 Å². The van der Waals surface area contributed by atoms with Crippen LogP contribution in [-0.4, -0.2) is 45.6 Å². The van der Waals surface area contributed by atoms with Gasteiger partial charge in [0.15, 0.2) is 12.0 Å². The topological polar surface area (TPSA) is 71.8 Å². The molecule has 2 saturated heterocycles. The van der Waals surface area contributed by atoms with E-state index in [4.69, 9.17) is 30.5 Å². The molecule has 0 unspecified atom stereocenters. The van der Waals surface area contributed by atoms with E-state index in [1.54, 1.807) is 10.8 Å². The minimum absolute atomic E-state index is 0.185. The summed E-state index contributed by atoms with van der Waals surface area (Å²) in [5, 5.41) is 0. The molecule has 0 amide bonds. The van der Waals surface area contributed by atoms with Gasteiger partial charge in [0.1, 0.15) is 24.4 Å². The van der Waals surface area contributed by atoms with Crippen molar-refractivity contribution >= 4 is 11.6 Å². The van der Waals surface area contributed by atoms with Gasteiger partial charge >= 0.3 is 6.01 Å². The van der Waals surface area contributed by atoms with E-state index in [0.29, 0.717) is 0 Å². The second-order valence-electron chi connectivity index (χ2n) is 6.69. The Hall–Kier alpha value is -1.15. The van der Waals surface area contributed by atoms with Crippen LogP contribution >= 0.6 is 11.6 Å². The molecule has 1 aliphatic carbocycles. The van der Waals surface area contributed by atoms with Crippen LogP contribution in [0.2, 0.25) is 0 Å². The van der Waals surface area contributed by atoms with E-state index in [1.165, 1.54) is 6.07 Å². The van der Waals surface area contributed by atoms with Crippen molar-refractivity contribution in [2.45, 2.75) is 55.5 Å². The lowest BCUT2D eigenvalue weighted by Gasteiger charge is -2.31. The predicted molar refractivity (Wildman–Crippen MR) is 78.5 cm³/mol. The van der Waals surface area contributed by atoms with Gasteiger partial charge < -0.3 is 18.9 Å². The van der Waals surface area contributed by atoms with E-state index in [9.17, 15) is 4.79 Å². The summed E-state index contributed by atoms with van der Waals surface area (Å²) < 4.78 is 26.3. The molecule has 5 rings (SSSR count). The summed E-state index contributed by atoms with van der Waals surface area (Å²) in [6, 6.07) is 1.63. The second kappa shape index (κ2) is 4.69. The maximum atomic E-state index is 11.5. The third kappa shape index (κ3) is 1.88.